The molecule has 0 fully saturated rings. The van der Waals surface area contributed by atoms with Crippen LogP contribution in [-0.4, -0.2) is 29.1 Å². The normalized spacial score (nSPS) is 14.0. The quantitative estimate of drug-likeness (QED) is 0.881. The summed E-state index contributed by atoms with van der Waals surface area (Å²) in [7, 11) is 0. The molecule has 0 unspecified atom stereocenters. The molecule has 1 N–H and O–H groups in total. The maximum absolute atomic E-state index is 12.6. The number of ether oxygens (including phenoxy) is 1. The molecule has 0 saturated carbocycles. The number of para-hydroxylation sites is 1. The van der Waals surface area contributed by atoms with Crippen LogP contribution in [-0.2, 0) is 6.54 Å². The van der Waals surface area contributed by atoms with Gasteiger partial charge in [-0.25, -0.2) is 0 Å². The van der Waals surface area contributed by atoms with Gasteiger partial charge in [0.2, 0.25) is 0 Å². The van der Waals surface area contributed by atoms with Crippen molar-refractivity contribution in [1.29, 1.82) is 0 Å². The van der Waals surface area contributed by atoms with E-state index in [1.807, 2.05) is 24.3 Å². The third-order valence-electron chi connectivity index (χ3n) is 3.42. The first-order valence-electron chi connectivity index (χ1n) is 6.63. The lowest BCUT2D eigenvalue weighted by atomic mass is 10.1. The lowest BCUT2D eigenvalue weighted by Crippen LogP contribution is -2.32. The molecule has 108 valence electrons. The van der Waals surface area contributed by atoms with Crippen LogP contribution >= 0.6 is 11.6 Å². The molecule has 0 atom stereocenters. The predicted molar refractivity (Wildman–Crippen MR) is 79.8 cm³/mol. The Morgan fingerprint density at radius 1 is 1.24 bits per heavy atom. The van der Waals surface area contributed by atoms with Gasteiger partial charge in [0.05, 0.1) is 17.1 Å². The molecular formula is C16H14ClNO3. The second-order valence-electron chi connectivity index (χ2n) is 4.85. The van der Waals surface area contributed by atoms with Crippen molar-refractivity contribution in [3.63, 3.8) is 0 Å². The van der Waals surface area contributed by atoms with Gasteiger partial charge in [-0.2, -0.15) is 0 Å². The Morgan fingerprint density at radius 3 is 2.90 bits per heavy atom. The van der Waals surface area contributed by atoms with Gasteiger partial charge in [0.25, 0.3) is 5.91 Å². The van der Waals surface area contributed by atoms with Crippen molar-refractivity contribution >= 4 is 17.5 Å². The number of halogens is 1. The van der Waals surface area contributed by atoms with Gasteiger partial charge in [0.1, 0.15) is 18.1 Å². The van der Waals surface area contributed by atoms with Crippen LogP contribution in [0.5, 0.6) is 11.5 Å². The van der Waals surface area contributed by atoms with Crippen LogP contribution in [0.4, 0.5) is 0 Å². The molecule has 21 heavy (non-hydrogen) atoms. The van der Waals surface area contributed by atoms with Crippen LogP contribution in [0.2, 0.25) is 5.02 Å². The second-order valence-corrected chi connectivity index (χ2v) is 5.25. The zero-order valence-electron chi connectivity index (χ0n) is 11.3. The number of phenols is 1. The SMILES string of the molecule is O=C(c1cc(O)ccc1Cl)N1CCOc2ccccc2C1. The number of benzene rings is 2. The average Bonchev–Trinajstić information content (AvgIpc) is 2.71. The average molecular weight is 304 g/mol. The van der Waals surface area contributed by atoms with Crippen LogP contribution < -0.4 is 4.74 Å². The molecule has 0 spiro atoms. The Bertz CT molecular complexity index is 687. The molecule has 0 aliphatic carbocycles. The summed E-state index contributed by atoms with van der Waals surface area (Å²) in [6.07, 6.45) is 0. The third kappa shape index (κ3) is 2.81. The fourth-order valence-electron chi connectivity index (χ4n) is 2.35. The molecule has 5 heteroatoms. The Morgan fingerprint density at radius 2 is 2.05 bits per heavy atom. The van der Waals surface area contributed by atoms with Gasteiger partial charge in [0, 0.05) is 12.1 Å². The van der Waals surface area contributed by atoms with Gasteiger partial charge in [-0.05, 0) is 24.3 Å². The Labute approximate surface area is 127 Å². The van der Waals surface area contributed by atoms with Gasteiger partial charge >= 0.3 is 0 Å². The zero-order chi connectivity index (χ0) is 14.8. The van der Waals surface area contributed by atoms with E-state index in [-0.39, 0.29) is 11.7 Å². The summed E-state index contributed by atoms with van der Waals surface area (Å²) in [5, 5.41) is 9.87. The zero-order valence-corrected chi connectivity index (χ0v) is 12.0. The van der Waals surface area contributed by atoms with E-state index in [1.165, 1.54) is 18.2 Å². The number of nitrogens with zero attached hydrogens (tertiary/aromatic N) is 1. The minimum Gasteiger partial charge on any atom is -0.508 e. The van der Waals surface area contributed by atoms with Crippen LogP contribution in [0.25, 0.3) is 0 Å². The van der Waals surface area contributed by atoms with Gasteiger partial charge in [0.15, 0.2) is 0 Å². The summed E-state index contributed by atoms with van der Waals surface area (Å²) < 4.78 is 5.64. The fourth-order valence-corrected chi connectivity index (χ4v) is 2.54. The predicted octanol–water partition coefficient (Wildman–Crippen LogP) is 3.08. The molecule has 1 heterocycles. The summed E-state index contributed by atoms with van der Waals surface area (Å²) in [6, 6.07) is 12.0. The number of aromatic hydroxyl groups is 1. The molecule has 0 bridgehead atoms. The minimum absolute atomic E-state index is 0.0224. The first-order chi connectivity index (χ1) is 10.1. The summed E-state index contributed by atoms with van der Waals surface area (Å²) in [4.78, 5) is 14.3. The number of carbonyl (C=O) groups is 1. The molecule has 1 amide bonds. The standard InChI is InChI=1S/C16H14ClNO3/c17-14-6-5-12(19)9-13(14)16(20)18-7-8-21-15-4-2-1-3-11(15)10-18/h1-6,9,19H,7-8,10H2. The van der Waals surface area contributed by atoms with E-state index in [1.54, 1.807) is 4.90 Å². The highest BCUT2D eigenvalue weighted by atomic mass is 35.5. The van der Waals surface area contributed by atoms with Crippen molar-refractivity contribution in [1.82, 2.24) is 4.90 Å². The van der Waals surface area contributed by atoms with Crippen LogP contribution in [0.3, 0.4) is 0 Å². The van der Waals surface area contributed by atoms with Crippen molar-refractivity contribution in [2.45, 2.75) is 6.54 Å². The monoisotopic (exact) mass is 303 g/mol. The van der Waals surface area contributed by atoms with E-state index in [0.717, 1.165) is 11.3 Å². The summed E-state index contributed by atoms with van der Waals surface area (Å²) in [5.41, 5.74) is 1.26. The van der Waals surface area contributed by atoms with Crippen LogP contribution in [0, 0.1) is 0 Å². The molecule has 1 aliphatic rings. The number of amides is 1. The highest BCUT2D eigenvalue weighted by Crippen LogP contribution is 2.26. The first-order valence-corrected chi connectivity index (χ1v) is 7.01. The Kier molecular flexibility index (Phi) is 3.71. The number of fused-ring (bicyclic) bond motifs is 1. The summed E-state index contributed by atoms with van der Waals surface area (Å²) >= 11 is 6.06. The molecule has 0 saturated heterocycles. The third-order valence-corrected chi connectivity index (χ3v) is 3.75. The highest BCUT2D eigenvalue weighted by molar-refractivity contribution is 6.33. The number of hydrogen-bond donors (Lipinski definition) is 1. The van der Waals surface area contributed by atoms with E-state index in [9.17, 15) is 9.90 Å². The topological polar surface area (TPSA) is 49.8 Å². The van der Waals surface area contributed by atoms with Crippen molar-refractivity contribution in [3.8, 4) is 11.5 Å². The van der Waals surface area contributed by atoms with Crippen LogP contribution in [0.1, 0.15) is 15.9 Å². The summed E-state index contributed by atoms with van der Waals surface area (Å²) in [6.45, 7) is 1.36. The Balaban J connectivity index is 1.90. The van der Waals surface area contributed by atoms with Gasteiger partial charge in [-0.1, -0.05) is 29.8 Å². The molecule has 0 radical (unpaired) electrons. The molecule has 2 aromatic carbocycles. The molecule has 0 aromatic heterocycles. The largest absolute Gasteiger partial charge is 0.508 e. The number of carbonyl (C=O) groups excluding carboxylic acids is 1. The van der Waals surface area contributed by atoms with E-state index < -0.39 is 0 Å². The molecule has 2 aromatic rings. The molecule has 3 rings (SSSR count). The van der Waals surface area contributed by atoms with Gasteiger partial charge in [-0.15, -0.1) is 0 Å². The molecule has 4 nitrogen and oxygen atoms in total. The van der Waals surface area contributed by atoms with Crippen molar-refractivity contribution < 1.29 is 14.6 Å². The van der Waals surface area contributed by atoms with Gasteiger partial charge < -0.3 is 14.7 Å². The summed E-state index contributed by atoms with van der Waals surface area (Å²) in [5.74, 6) is 0.611. The maximum Gasteiger partial charge on any atom is 0.255 e. The number of hydrogen-bond acceptors (Lipinski definition) is 3. The van der Waals surface area contributed by atoms with E-state index in [2.05, 4.69) is 0 Å². The van der Waals surface area contributed by atoms with Gasteiger partial charge in [-0.3, -0.25) is 4.79 Å². The van der Waals surface area contributed by atoms with Crippen LogP contribution in [0.15, 0.2) is 42.5 Å². The maximum atomic E-state index is 12.6. The van der Waals surface area contributed by atoms with Crippen molar-refractivity contribution in [3.05, 3.63) is 58.6 Å². The van der Waals surface area contributed by atoms with E-state index >= 15 is 0 Å². The number of phenolic OH excluding ortho intramolecular Hbond substituents is 1. The second kappa shape index (κ2) is 5.66. The lowest BCUT2D eigenvalue weighted by Gasteiger charge is -2.20. The molecule has 1 aliphatic heterocycles. The van der Waals surface area contributed by atoms with E-state index in [0.29, 0.717) is 30.3 Å². The number of rotatable bonds is 1. The smallest absolute Gasteiger partial charge is 0.255 e. The highest BCUT2D eigenvalue weighted by Gasteiger charge is 2.22. The lowest BCUT2D eigenvalue weighted by molar-refractivity contribution is 0.0733. The van der Waals surface area contributed by atoms with Crippen molar-refractivity contribution in [2.75, 3.05) is 13.2 Å². The van der Waals surface area contributed by atoms with E-state index in [4.69, 9.17) is 16.3 Å². The first kappa shape index (κ1) is 13.8. The minimum atomic E-state index is -0.212. The molecular weight excluding hydrogens is 290 g/mol. The van der Waals surface area contributed by atoms with Crippen molar-refractivity contribution in [2.24, 2.45) is 0 Å². The fraction of sp³-hybridized carbons (Fsp3) is 0.188. The Hall–Kier alpha value is -2.20.